The highest BCUT2D eigenvalue weighted by Gasteiger charge is 2.28. The van der Waals surface area contributed by atoms with Crippen LogP contribution in [0, 0.1) is 22.7 Å². The van der Waals surface area contributed by atoms with Crippen LogP contribution in [0.25, 0.3) is 0 Å². The maximum absolute atomic E-state index is 11.9. The number of nitrogens with zero attached hydrogens (tertiary/aromatic N) is 2. The van der Waals surface area contributed by atoms with Gasteiger partial charge in [0, 0.05) is 5.69 Å². The van der Waals surface area contributed by atoms with Gasteiger partial charge in [-0.25, -0.2) is 0 Å². The largest absolute Gasteiger partial charge is 0.365 e. The molecule has 0 aliphatic carbocycles. The molecule has 0 spiro atoms. The second-order valence-electron chi connectivity index (χ2n) is 4.49. The van der Waals surface area contributed by atoms with Gasteiger partial charge in [-0.1, -0.05) is 0 Å². The van der Waals surface area contributed by atoms with Gasteiger partial charge in [-0.15, -0.1) is 0 Å². The van der Waals surface area contributed by atoms with Gasteiger partial charge in [-0.3, -0.25) is 4.79 Å². The van der Waals surface area contributed by atoms with Crippen LogP contribution < -0.4 is 5.32 Å². The van der Waals surface area contributed by atoms with Crippen molar-refractivity contribution in [2.45, 2.75) is 32.0 Å². The molecule has 0 aromatic heterocycles. The van der Waals surface area contributed by atoms with E-state index in [9.17, 15) is 4.79 Å². The summed E-state index contributed by atoms with van der Waals surface area (Å²) in [5.74, 6) is -0.210. The van der Waals surface area contributed by atoms with Crippen molar-refractivity contribution in [1.82, 2.24) is 0 Å². The fourth-order valence-electron chi connectivity index (χ4n) is 2.03. The van der Waals surface area contributed by atoms with E-state index in [2.05, 4.69) is 5.32 Å². The summed E-state index contributed by atoms with van der Waals surface area (Å²) >= 11 is 0. The van der Waals surface area contributed by atoms with Crippen LogP contribution >= 0.6 is 0 Å². The molecule has 1 fully saturated rings. The van der Waals surface area contributed by atoms with Crippen molar-refractivity contribution in [3.05, 3.63) is 29.3 Å². The van der Waals surface area contributed by atoms with Gasteiger partial charge in [-0.05, 0) is 38.0 Å². The number of amides is 1. The van der Waals surface area contributed by atoms with Gasteiger partial charge in [-0.2, -0.15) is 10.5 Å². The number of hydrogen-bond acceptors (Lipinski definition) is 4. The number of hydrogen-bond donors (Lipinski definition) is 1. The molecule has 2 atom stereocenters. The maximum atomic E-state index is 11.9. The van der Waals surface area contributed by atoms with Crippen molar-refractivity contribution in [2.75, 3.05) is 5.32 Å². The molecular formula is C14H13N3O2. The molecule has 1 aliphatic rings. The van der Waals surface area contributed by atoms with Crippen LogP contribution in [0.4, 0.5) is 5.69 Å². The van der Waals surface area contributed by atoms with E-state index in [0.717, 1.165) is 6.42 Å². The SMILES string of the molecule is CC1CCC(C(=O)Nc2ccc(C#N)c(C#N)c2)O1. The van der Waals surface area contributed by atoms with Crippen molar-refractivity contribution in [3.8, 4) is 12.1 Å². The molecule has 1 N–H and O–H groups in total. The first kappa shape index (κ1) is 13.1. The number of ether oxygens (including phenoxy) is 1. The van der Waals surface area contributed by atoms with Gasteiger partial charge < -0.3 is 10.1 Å². The number of anilines is 1. The molecule has 5 heteroatoms. The van der Waals surface area contributed by atoms with Crippen LogP contribution in [-0.4, -0.2) is 18.1 Å². The predicted molar refractivity (Wildman–Crippen MR) is 68.1 cm³/mol. The highest BCUT2D eigenvalue weighted by Crippen LogP contribution is 2.21. The molecule has 1 heterocycles. The second kappa shape index (κ2) is 5.51. The summed E-state index contributed by atoms with van der Waals surface area (Å²) in [5, 5.41) is 20.4. The number of nitrogens with one attached hydrogen (secondary N) is 1. The van der Waals surface area contributed by atoms with Crippen LogP contribution in [0.2, 0.25) is 0 Å². The first-order chi connectivity index (χ1) is 9.13. The Morgan fingerprint density at radius 3 is 2.63 bits per heavy atom. The molecule has 0 radical (unpaired) electrons. The van der Waals surface area contributed by atoms with Crippen molar-refractivity contribution in [1.29, 1.82) is 10.5 Å². The molecule has 5 nitrogen and oxygen atoms in total. The number of nitriles is 2. The molecule has 1 amide bonds. The van der Waals surface area contributed by atoms with Gasteiger partial charge >= 0.3 is 0 Å². The molecule has 1 aliphatic heterocycles. The Labute approximate surface area is 111 Å². The summed E-state index contributed by atoms with van der Waals surface area (Å²) in [6.07, 6.45) is 1.24. The first-order valence-electron chi connectivity index (χ1n) is 6.04. The third-order valence-corrected chi connectivity index (χ3v) is 3.05. The van der Waals surface area contributed by atoms with Gasteiger partial charge in [0.05, 0.1) is 17.2 Å². The lowest BCUT2D eigenvalue weighted by atomic mass is 10.1. The normalized spacial score (nSPS) is 21.4. The van der Waals surface area contributed by atoms with Crippen molar-refractivity contribution in [2.24, 2.45) is 0 Å². The summed E-state index contributed by atoms with van der Waals surface area (Å²) < 4.78 is 5.47. The zero-order valence-corrected chi connectivity index (χ0v) is 10.5. The van der Waals surface area contributed by atoms with E-state index in [-0.39, 0.29) is 17.6 Å². The molecule has 1 aromatic carbocycles. The predicted octanol–water partition coefficient (Wildman–Crippen LogP) is 1.94. The highest BCUT2D eigenvalue weighted by atomic mass is 16.5. The van der Waals surface area contributed by atoms with E-state index in [1.54, 1.807) is 6.07 Å². The van der Waals surface area contributed by atoms with Crippen LogP contribution in [-0.2, 0) is 9.53 Å². The van der Waals surface area contributed by atoms with Gasteiger partial charge in [0.1, 0.15) is 18.2 Å². The number of benzene rings is 1. The van der Waals surface area contributed by atoms with E-state index in [1.165, 1.54) is 12.1 Å². The zero-order chi connectivity index (χ0) is 13.8. The highest BCUT2D eigenvalue weighted by molar-refractivity contribution is 5.94. The van der Waals surface area contributed by atoms with Crippen LogP contribution in [0.1, 0.15) is 30.9 Å². The lowest BCUT2D eigenvalue weighted by Crippen LogP contribution is -2.27. The molecule has 0 bridgehead atoms. The van der Waals surface area contributed by atoms with Gasteiger partial charge in [0.25, 0.3) is 5.91 Å². The van der Waals surface area contributed by atoms with E-state index < -0.39 is 6.10 Å². The Balaban J connectivity index is 2.10. The minimum Gasteiger partial charge on any atom is -0.365 e. The molecule has 0 saturated carbocycles. The number of rotatable bonds is 2. The Kier molecular flexibility index (Phi) is 3.79. The third kappa shape index (κ3) is 2.90. The van der Waals surface area contributed by atoms with Crippen LogP contribution in [0.5, 0.6) is 0 Å². The third-order valence-electron chi connectivity index (χ3n) is 3.05. The lowest BCUT2D eigenvalue weighted by Gasteiger charge is -2.12. The van der Waals surface area contributed by atoms with Crippen molar-refractivity contribution in [3.63, 3.8) is 0 Å². The summed E-state index contributed by atoms with van der Waals surface area (Å²) in [5.41, 5.74) is 1.05. The Morgan fingerprint density at radius 2 is 2.05 bits per heavy atom. The molecule has 2 unspecified atom stereocenters. The smallest absolute Gasteiger partial charge is 0.253 e. The molecular weight excluding hydrogens is 242 g/mol. The summed E-state index contributed by atoms with van der Waals surface area (Å²) in [4.78, 5) is 11.9. The lowest BCUT2D eigenvalue weighted by molar-refractivity contribution is -0.126. The Bertz CT molecular complexity index is 583. The number of carbonyl (C=O) groups is 1. The van der Waals surface area contributed by atoms with Crippen molar-refractivity contribution < 1.29 is 9.53 Å². The Morgan fingerprint density at radius 1 is 1.32 bits per heavy atom. The van der Waals surface area contributed by atoms with Crippen molar-refractivity contribution >= 4 is 11.6 Å². The van der Waals surface area contributed by atoms with Gasteiger partial charge in [0.2, 0.25) is 0 Å². The topological polar surface area (TPSA) is 85.9 Å². The zero-order valence-electron chi connectivity index (χ0n) is 10.5. The fourth-order valence-corrected chi connectivity index (χ4v) is 2.03. The quantitative estimate of drug-likeness (QED) is 0.874. The number of carbonyl (C=O) groups excluding carboxylic acids is 1. The fraction of sp³-hybridized carbons (Fsp3) is 0.357. The van der Waals surface area contributed by atoms with Gasteiger partial charge in [0.15, 0.2) is 0 Å². The summed E-state index contributed by atoms with van der Waals surface area (Å²) in [6, 6.07) is 8.48. The monoisotopic (exact) mass is 255 g/mol. The van der Waals surface area contributed by atoms with E-state index in [4.69, 9.17) is 15.3 Å². The van der Waals surface area contributed by atoms with Crippen LogP contribution in [0.3, 0.4) is 0 Å². The van der Waals surface area contributed by atoms with E-state index in [1.807, 2.05) is 19.1 Å². The second-order valence-corrected chi connectivity index (χ2v) is 4.49. The van der Waals surface area contributed by atoms with E-state index in [0.29, 0.717) is 17.7 Å². The molecule has 1 aromatic rings. The molecule has 96 valence electrons. The van der Waals surface area contributed by atoms with Crippen LogP contribution in [0.15, 0.2) is 18.2 Å². The Hall–Kier alpha value is -2.37. The summed E-state index contributed by atoms with van der Waals surface area (Å²) in [6.45, 7) is 1.93. The average Bonchev–Trinajstić information content (AvgIpc) is 2.85. The molecule has 19 heavy (non-hydrogen) atoms. The van der Waals surface area contributed by atoms with E-state index >= 15 is 0 Å². The summed E-state index contributed by atoms with van der Waals surface area (Å²) in [7, 11) is 0. The standard InChI is InChI=1S/C14H13N3O2/c1-9-2-5-13(19-9)14(18)17-12-4-3-10(7-15)11(6-12)8-16/h3-4,6,9,13H,2,5H2,1H3,(H,17,18). The minimum absolute atomic E-state index is 0.103. The molecule has 1 saturated heterocycles. The maximum Gasteiger partial charge on any atom is 0.253 e. The minimum atomic E-state index is -0.434. The first-order valence-corrected chi connectivity index (χ1v) is 6.04. The molecule has 2 rings (SSSR count). The average molecular weight is 255 g/mol.